The standard InChI is InChI=1S/C16H20N2O2/c1-2-11-5-3-4-6-14(11)17-16(20)12-9-15(19)18(10-12)13-7-8-13/h3-6,12-13H,2,7-10H2,1H3,(H,17,20). The van der Waals surface area contributed by atoms with E-state index in [-0.39, 0.29) is 17.7 Å². The van der Waals surface area contributed by atoms with Gasteiger partial charge in [-0.2, -0.15) is 0 Å². The molecule has 2 fully saturated rings. The molecule has 1 aromatic rings. The Morgan fingerprint density at radius 3 is 2.80 bits per heavy atom. The smallest absolute Gasteiger partial charge is 0.229 e. The fraction of sp³-hybridized carbons (Fsp3) is 0.500. The normalized spacial score (nSPS) is 22.1. The number of amides is 2. The van der Waals surface area contributed by atoms with Crippen LogP contribution in [0.25, 0.3) is 0 Å². The molecule has 0 spiro atoms. The lowest BCUT2D eigenvalue weighted by Gasteiger charge is -2.16. The number of nitrogens with one attached hydrogen (secondary N) is 1. The van der Waals surface area contributed by atoms with Gasteiger partial charge in [0.05, 0.1) is 5.92 Å². The van der Waals surface area contributed by atoms with E-state index in [1.807, 2.05) is 29.2 Å². The van der Waals surface area contributed by atoms with Crippen LogP contribution >= 0.6 is 0 Å². The van der Waals surface area contributed by atoms with Gasteiger partial charge < -0.3 is 10.2 Å². The highest BCUT2D eigenvalue weighted by Crippen LogP contribution is 2.33. The lowest BCUT2D eigenvalue weighted by atomic mass is 10.1. The maximum Gasteiger partial charge on any atom is 0.229 e. The Bertz CT molecular complexity index is 537. The number of aryl methyl sites for hydroxylation is 1. The van der Waals surface area contributed by atoms with Gasteiger partial charge in [0.25, 0.3) is 0 Å². The largest absolute Gasteiger partial charge is 0.339 e. The molecule has 2 amide bonds. The first kappa shape index (κ1) is 13.2. The topological polar surface area (TPSA) is 49.4 Å². The summed E-state index contributed by atoms with van der Waals surface area (Å²) in [5.41, 5.74) is 2.00. The third-order valence-electron chi connectivity index (χ3n) is 4.17. The van der Waals surface area contributed by atoms with Gasteiger partial charge in [-0.3, -0.25) is 9.59 Å². The Kier molecular flexibility index (Phi) is 3.47. The summed E-state index contributed by atoms with van der Waals surface area (Å²) in [6.07, 6.45) is 3.43. The summed E-state index contributed by atoms with van der Waals surface area (Å²) in [5.74, 6) is -0.0909. The van der Waals surface area contributed by atoms with Crippen LogP contribution in [0.15, 0.2) is 24.3 Å². The molecule has 3 rings (SSSR count). The van der Waals surface area contributed by atoms with E-state index in [9.17, 15) is 9.59 Å². The lowest BCUT2D eigenvalue weighted by Crippen LogP contribution is -2.30. The van der Waals surface area contributed by atoms with E-state index in [1.54, 1.807) is 0 Å². The van der Waals surface area contributed by atoms with Crippen molar-refractivity contribution < 1.29 is 9.59 Å². The minimum Gasteiger partial charge on any atom is -0.339 e. The summed E-state index contributed by atoms with van der Waals surface area (Å²) < 4.78 is 0. The fourth-order valence-electron chi connectivity index (χ4n) is 2.83. The van der Waals surface area contributed by atoms with Crippen LogP contribution < -0.4 is 5.32 Å². The van der Waals surface area contributed by atoms with Crippen LogP contribution in [0, 0.1) is 5.92 Å². The molecule has 1 aromatic carbocycles. The fourth-order valence-corrected chi connectivity index (χ4v) is 2.83. The van der Waals surface area contributed by atoms with Crippen molar-refractivity contribution in [2.45, 2.75) is 38.6 Å². The molecule has 1 aliphatic heterocycles. The van der Waals surface area contributed by atoms with Crippen molar-refractivity contribution in [1.29, 1.82) is 0 Å². The maximum atomic E-state index is 12.3. The van der Waals surface area contributed by atoms with E-state index in [0.717, 1.165) is 30.5 Å². The van der Waals surface area contributed by atoms with Crippen molar-refractivity contribution in [2.24, 2.45) is 5.92 Å². The number of benzene rings is 1. The Morgan fingerprint density at radius 1 is 1.35 bits per heavy atom. The summed E-state index contributed by atoms with van der Waals surface area (Å²) in [6, 6.07) is 8.24. The molecule has 1 saturated heterocycles. The summed E-state index contributed by atoms with van der Waals surface area (Å²) in [5, 5.41) is 2.99. The highest BCUT2D eigenvalue weighted by Gasteiger charge is 2.41. The molecular formula is C16H20N2O2. The molecule has 1 aliphatic carbocycles. The molecule has 1 saturated carbocycles. The first-order valence-corrected chi connectivity index (χ1v) is 7.37. The Balaban J connectivity index is 1.66. The van der Waals surface area contributed by atoms with E-state index in [1.165, 1.54) is 0 Å². The zero-order valence-electron chi connectivity index (χ0n) is 11.8. The number of para-hydroxylation sites is 1. The number of likely N-dealkylation sites (tertiary alicyclic amines) is 1. The molecular weight excluding hydrogens is 252 g/mol. The molecule has 2 aliphatic rings. The predicted molar refractivity (Wildman–Crippen MR) is 77.3 cm³/mol. The Labute approximate surface area is 119 Å². The summed E-state index contributed by atoms with van der Waals surface area (Å²) in [7, 11) is 0. The number of anilines is 1. The van der Waals surface area contributed by atoms with Gasteiger partial charge >= 0.3 is 0 Å². The van der Waals surface area contributed by atoms with Gasteiger partial charge in [-0.25, -0.2) is 0 Å². The first-order chi connectivity index (χ1) is 9.69. The summed E-state index contributed by atoms with van der Waals surface area (Å²) in [4.78, 5) is 26.1. The average molecular weight is 272 g/mol. The van der Waals surface area contributed by atoms with E-state index >= 15 is 0 Å². The summed E-state index contributed by atoms with van der Waals surface area (Å²) in [6.45, 7) is 2.66. The number of rotatable bonds is 4. The zero-order valence-corrected chi connectivity index (χ0v) is 11.8. The first-order valence-electron chi connectivity index (χ1n) is 7.37. The molecule has 1 unspecified atom stereocenters. The van der Waals surface area contributed by atoms with Crippen LogP contribution in [-0.4, -0.2) is 29.3 Å². The van der Waals surface area contributed by atoms with Crippen molar-refractivity contribution in [2.75, 3.05) is 11.9 Å². The van der Waals surface area contributed by atoms with E-state index in [4.69, 9.17) is 0 Å². The second-order valence-electron chi connectivity index (χ2n) is 5.68. The van der Waals surface area contributed by atoms with Crippen LogP contribution in [0.2, 0.25) is 0 Å². The molecule has 106 valence electrons. The van der Waals surface area contributed by atoms with Crippen LogP contribution in [0.1, 0.15) is 31.7 Å². The minimum absolute atomic E-state index is 0.0256. The minimum atomic E-state index is -0.201. The number of carbonyl (C=O) groups excluding carboxylic acids is 2. The van der Waals surface area contributed by atoms with Gasteiger partial charge in [0.2, 0.25) is 11.8 Å². The predicted octanol–water partition coefficient (Wildman–Crippen LogP) is 2.20. The van der Waals surface area contributed by atoms with Gasteiger partial charge in [0.15, 0.2) is 0 Å². The Morgan fingerprint density at radius 2 is 2.10 bits per heavy atom. The summed E-state index contributed by atoms with van der Waals surface area (Å²) >= 11 is 0. The van der Waals surface area contributed by atoms with Gasteiger partial charge in [-0.1, -0.05) is 25.1 Å². The molecule has 20 heavy (non-hydrogen) atoms. The van der Waals surface area contributed by atoms with Crippen LogP contribution in [0.3, 0.4) is 0 Å². The van der Waals surface area contributed by atoms with Gasteiger partial charge in [-0.15, -0.1) is 0 Å². The Hall–Kier alpha value is -1.84. The molecule has 4 nitrogen and oxygen atoms in total. The van der Waals surface area contributed by atoms with Crippen molar-refractivity contribution in [1.82, 2.24) is 4.90 Å². The number of hydrogen-bond donors (Lipinski definition) is 1. The molecule has 1 atom stereocenters. The monoisotopic (exact) mass is 272 g/mol. The van der Waals surface area contributed by atoms with Gasteiger partial charge in [0, 0.05) is 24.7 Å². The zero-order chi connectivity index (χ0) is 14.1. The van der Waals surface area contributed by atoms with Crippen LogP contribution in [-0.2, 0) is 16.0 Å². The van der Waals surface area contributed by atoms with E-state index in [2.05, 4.69) is 12.2 Å². The van der Waals surface area contributed by atoms with Crippen LogP contribution in [0.4, 0.5) is 5.69 Å². The maximum absolute atomic E-state index is 12.3. The van der Waals surface area contributed by atoms with Gasteiger partial charge in [0.1, 0.15) is 0 Å². The third-order valence-corrected chi connectivity index (χ3v) is 4.17. The second-order valence-corrected chi connectivity index (χ2v) is 5.68. The van der Waals surface area contributed by atoms with Crippen molar-refractivity contribution in [3.05, 3.63) is 29.8 Å². The average Bonchev–Trinajstić information content (AvgIpc) is 3.22. The third kappa shape index (κ3) is 2.55. The quantitative estimate of drug-likeness (QED) is 0.913. The molecule has 0 aromatic heterocycles. The molecule has 1 heterocycles. The number of carbonyl (C=O) groups is 2. The van der Waals surface area contributed by atoms with Crippen molar-refractivity contribution in [3.8, 4) is 0 Å². The number of hydrogen-bond acceptors (Lipinski definition) is 2. The number of nitrogens with zero attached hydrogens (tertiary/aromatic N) is 1. The molecule has 0 bridgehead atoms. The highest BCUT2D eigenvalue weighted by molar-refractivity contribution is 5.97. The van der Waals surface area contributed by atoms with Crippen molar-refractivity contribution in [3.63, 3.8) is 0 Å². The molecule has 1 N–H and O–H groups in total. The SMILES string of the molecule is CCc1ccccc1NC(=O)C1CC(=O)N(C2CC2)C1. The van der Waals surface area contributed by atoms with Crippen molar-refractivity contribution >= 4 is 17.5 Å². The van der Waals surface area contributed by atoms with E-state index in [0.29, 0.717) is 19.0 Å². The van der Waals surface area contributed by atoms with E-state index < -0.39 is 0 Å². The molecule has 4 heteroatoms. The van der Waals surface area contributed by atoms with Crippen LogP contribution in [0.5, 0.6) is 0 Å². The second kappa shape index (κ2) is 5.27. The van der Waals surface area contributed by atoms with Gasteiger partial charge in [-0.05, 0) is 30.9 Å². The lowest BCUT2D eigenvalue weighted by molar-refractivity contribution is -0.128. The molecule has 0 radical (unpaired) electrons. The highest BCUT2D eigenvalue weighted by atomic mass is 16.2.